The summed E-state index contributed by atoms with van der Waals surface area (Å²) in [7, 11) is 0. The van der Waals surface area contributed by atoms with Crippen molar-refractivity contribution >= 4 is 57.6 Å². The van der Waals surface area contributed by atoms with E-state index in [2.05, 4.69) is 21.3 Å². The number of benzene rings is 4. The Bertz CT molecular complexity index is 1460. The number of amides is 2. The number of hydrogen-bond donors (Lipinski definition) is 4. The number of nitro benzene ring substituents is 1. The quantitative estimate of drug-likeness (QED) is 0.142. The summed E-state index contributed by atoms with van der Waals surface area (Å²) in [6, 6.07) is 29.0. The molecule has 0 radical (unpaired) electrons. The predicted molar refractivity (Wildman–Crippen MR) is 147 cm³/mol. The highest BCUT2D eigenvalue weighted by molar-refractivity contribution is 7.80. The Hall–Kier alpha value is -5.09. The van der Waals surface area contributed by atoms with E-state index in [1.807, 2.05) is 42.5 Å². The Morgan fingerprint density at radius 3 is 2.08 bits per heavy atom. The maximum atomic E-state index is 13.0. The van der Waals surface area contributed by atoms with Gasteiger partial charge >= 0.3 is 0 Å². The molecule has 4 rings (SSSR count). The van der Waals surface area contributed by atoms with Gasteiger partial charge in [0.25, 0.3) is 17.5 Å². The second kappa shape index (κ2) is 11.6. The number of nitrogens with zero attached hydrogens (tertiary/aromatic N) is 1. The van der Waals surface area contributed by atoms with E-state index in [4.69, 9.17) is 12.2 Å². The standard InChI is InChI=1S/C27H21N5O4S/c33-25(18-7-6-10-22(17-18)32(35)36)31-27(37)30-24-12-5-4-11-23(24)26(34)29-21-15-13-20(14-16-21)28-19-8-2-1-3-9-19/h1-17,28H,(H,29,34)(H2,30,31,33,37). The lowest BCUT2D eigenvalue weighted by atomic mass is 10.1. The number of anilines is 4. The number of thiocarbonyl (C=S) groups is 1. The van der Waals surface area contributed by atoms with Crippen molar-refractivity contribution in [1.82, 2.24) is 5.32 Å². The molecule has 37 heavy (non-hydrogen) atoms. The molecule has 0 bridgehead atoms. The van der Waals surface area contributed by atoms with Gasteiger partial charge in [-0.1, -0.05) is 36.4 Å². The summed E-state index contributed by atoms with van der Waals surface area (Å²) < 4.78 is 0. The minimum Gasteiger partial charge on any atom is -0.356 e. The molecule has 0 aliphatic carbocycles. The molecule has 9 nitrogen and oxygen atoms in total. The van der Waals surface area contributed by atoms with Gasteiger partial charge in [0.05, 0.1) is 16.2 Å². The summed E-state index contributed by atoms with van der Waals surface area (Å²) in [5, 5.41) is 22.3. The largest absolute Gasteiger partial charge is 0.356 e. The highest BCUT2D eigenvalue weighted by atomic mass is 32.1. The zero-order valence-corrected chi connectivity index (χ0v) is 20.1. The van der Waals surface area contributed by atoms with E-state index in [1.165, 1.54) is 18.2 Å². The van der Waals surface area contributed by atoms with Crippen LogP contribution in [0.4, 0.5) is 28.4 Å². The molecule has 0 fully saturated rings. The van der Waals surface area contributed by atoms with Crippen LogP contribution in [0.2, 0.25) is 0 Å². The van der Waals surface area contributed by atoms with E-state index in [-0.39, 0.29) is 22.3 Å². The number of carbonyl (C=O) groups is 2. The van der Waals surface area contributed by atoms with Gasteiger partial charge in [-0.2, -0.15) is 0 Å². The first-order valence-corrected chi connectivity index (χ1v) is 11.5. The van der Waals surface area contributed by atoms with Gasteiger partial charge in [-0.3, -0.25) is 25.0 Å². The number of carbonyl (C=O) groups excluding carboxylic acids is 2. The van der Waals surface area contributed by atoms with Crippen LogP contribution in [0.3, 0.4) is 0 Å². The lowest BCUT2D eigenvalue weighted by Gasteiger charge is -2.14. The SMILES string of the molecule is O=C(NC(=S)Nc1ccccc1C(=O)Nc1ccc(Nc2ccccc2)cc1)c1cccc([N+](=O)[O-])c1. The molecular formula is C27H21N5O4S. The highest BCUT2D eigenvalue weighted by Gasteiger charge is 2.15. The van der Waals surface area contributed by atoms with Gasteiger partial charge in [-0.15, -0.1) is 0 Å². The molecule has 0 saturated heterocycles. The number of non-ortho nitro benzene ring substituents is 1. The molecule has 0 saturated carbocycles. The molecule has 0 heterocycles. The molecule has 0 unspecified atom stereocenters. The Labute approximate surface area is 217 Å². The molecule has 4 N–H and O–H groups in total. The molecule has 2 amide bonds. The number of nitro groups is 1. The zero-order chi connectivity index (χ0) is 26.2. The van der Waals surface area contributed by atoms with Gasteiger partial charge in [-0.05, 0) is 66.8 Å². The molecular weight excluding hydrogens is 490 g/mol. The Kier molecular flexibility index (Phi) is 7.82. The van der Waals surface area contributed by atoms with E-state index < -0.39 is 10.8 Å². The first kappa shape index (κ1) is 25.0. The Morgan fingerprint density at radius 2 is 1.35 bits per heavy atom. The maximum absolute atomic E-state index is 13.0. The van der Waals surface area contributed by atoms with Crippen LogP contribution in [-0.4, -0.2) is 21.9 Å². The van der Waals surface area contributed by atoms with E-state index in [0.29, 0.717) is 16.9 Å². The van der Waals surface area contributed by atoms with Crippen LogP contribution < -0.4 is 21.3 Å². The fraction of sp³-hybridized carbons (Fsp3) is 0. The third-order valence-corrected chi connectivity index (χ3v) is 5.38. The molecule has 0 aromatic heterocycles. The van der Waals surface area contributed by atoms with Crippen LogP contribution in [0, 0.1) is 10.1 Å². The molecule has 184 valence electrons. The van der Waals surface area contributed by atoms with E-state index in [1.54, 1.807) is 36.4 Å². The van der Waals surface area contributed by atoms with Gasteiger partial charge in [0.15, 0.2) is 5.11 Å². The van der Waals surface area contributed by atoms with Gasteiger partial charge in [0.2, 0.25) is 0 Å². The van der Waals surface area contributed by atoms with Crippen molar-refractivity contribution in [2.24, 2.45) is 0 Å². The molecule has 0 aliphatic heterocycles. The molecule has 0 aliphatic rings. The smallest absolute Gasteiger partial charge is 0.270 e. The van der Waals surface area contributed by atoms with Crippen LogP contribution in [0.5, 0.6) is 0 Å². The van der Waals surface area contributed by atoms with Crippen molar-refractivity contribution in [3.63, 3.8) is 0 Å². The predicted octanol–water partition coefficient (Wildman–Crippen LogP) is 5.72. The van der Waals surface area contributed by atoms with Gasteiger partial charge in [-0.25, -0.2) is 0 Å². The fourth-order valence-electron chi connectivity index (χ4n) is 3.40. The van der Waals surface area contributed by atoms with Crippen molar-refractivity contribution < 1.29 is 14.5 Å². The Balaban J connectivity index is 1.39. The highest BCUT2D eigenvalue weighted by Crippen LogP contribution is 2.21. The summed E-state index contributed by atoms with van der Waals surface area (Å²) in [5.74, 6) is -0.994. The van der Waals surface area contributed by atoms with Crippen LogP contribution in [-0.2, 0) is 0 Å². The number of para-hydroxylation sites is 2. The van der Waals surface area contributed by atoms with Crippen LogP contribution >= 0.6 is 12.2 Å². The second-order valence-corrected chi connectivity index (χ2v) is 8.19. The van der Waals surface area contributed by atoms with Gasteiger partial charge in [0, 0.05) is 34.8 Å². The summed E-state index contributed by atoms with van der Waals surface area (Å²) in [4.78, 5) is 35.8. The lowest BCUT2D eigenvalue weighted by Crippen LogP contribution is -2.34. The first-order valence-electron chi connectivity index (χ1n) is 11.1. The third kappa shape index (κ3) is 6.74. The summed E-state index contributed by atoms with van der Waals surface area (Å²) in [5.41, 5.74) is 2.98. The van der Waals surface area contributed by atoms with Crippen LogP contribution in [0.15, 0.2) is 103 Å². The van der Waals surface area contributed by atoms with Crippen molar-refractivity contribution in [2.45, 2.75) is 0 Å². The van der Waals surface area contributed by atoms with Gasteiger partial charge < -0.3 is 16.0 Å². The number of rotatable bonds is 7. The van der Waals surface area contributed by atoms with Crippen molar-refractivity contribution in [1.29, 1.82) is 0 Å². The topological polar surface area (TPSA) is 125 Å². The average Bonchev–Trinajstić information content (AvgIpc) is 2.90. The van der Waals surface area contributed by atoms with Crippen LogP contribution in [0.25, 0.3) is 0 Å². The fourth-order valence-corrected chi connectivity index (χ4v) is 3.61. The average molecular weight is 512 g/mol. The first-order chi connectivity index (χ1) is 17.9. The van der Waals surface area contributed by atoms with E-state index in [9.17, 15) is 19.7 Å². The molecule has 0 atom stereocenters. The minimum atomic E-state index is -0.618. The number of hydrogen-bond acceptors (Lipinski definition) is 6. The maximum Gasteiger partial charge on any atom is 0.270 e. The summed E-state index contributed by atoms with van der Waals surface area (Å²) in [6.45, 7) is 0. The van der Waals surface area contributed by atoms with Crippen molar-refractivity contribution in [3.8, 4) is 0 Å². The monoisotopic (exact) mass is 511 g/mol. The Morgan fingerprint density at radius 1 is 0.703 bits per heavy atom. The molecule has 4 aromatic carbocycles. The van der Waals surface area contributed by atoms with Crippen molar-refractivity contribution in [3.05, 3.63) is 124 Å². The minimum absolute atomic E-state index is 0.0619. The molecule has 4 aromatic rings. The normalized spacial score (nSPS) is 10.2. The van der Waals surface area contributed by atoms with Gasteiger partial charge in [0.1, 0.15) is 0 Å². The zero-order valence-electron chi connectivity index (χ0n) is 19.3. The lowest BCUT2D eigenvalue weighted by molar-refractivity contribution is -0.384. The molecule has 10 heteroatoms. The van der Waals surface area contributed by atoms with Crippen molar-refractivity contribution in [2.75, 3.05) is 16.0 Å². The van der Waals surface area contributed by atoms with Crippen LogP contribution in [0.1, 0.15) is 20.7 Å². The second-order valence-electron chi connectivity index (χ2n) is 7.78. The summed E-state index contributed by atoms with van der Waals surface area (Å²) in [6.07, 6.45) is 0. The van der Waals surface area contributed by atoms with E-state index in [0.717, 1.165) is 17.4 Å². The summed E-state index contributed by atoms with van der Waals surface area (Å²) >= 11 is 5.22. The number of nitrogens with one attached hydrogen (secondary N) is 4. The van der Waals surface area contributed by atoms with E-state index >= 15 is 0 Å². The third-order valence-electron chi connectivity index (χ3n) is 5.17. The molecule has 0 spiro atoms.